The molecule has 0 heterocycles. The van der Waals surface area contributed by atoms with E-state index in [-0.39, 0.29) is 11.8 Å². The molecule has 0 saturated heterocycles. The first-order valence-corrected chi connectivity index (χ1v) is 14.4. The van der Waals surface area contributed by atoms with Gasteiger partial charge >= 0.3 is 0 Å². The van der Waals surface area contributed by atoms with E-state index in [4.69, 9.17) is 0 Å². The normalized spacial score (nSPS) is 11.6. The molecule has 0 aliphatic carbocycles. The summed E-state index contributed by atoms with van der Waals surface area (Å²) in [6, 6.07) is 25.3. The van der Waals surface area contributed by atoms with Gasteiger partial charge in [-0.3, -0.25) is 9.59 Å². The zero-order valence-corrected chi connectivity index (χ0v) is 23.7. The zero-order chi connectivity index (χ0) is 25.0. The monoisotopic (exact) mass is 616 g/mol. The maximum Gasteiger partial charge on any atom is 0.243 e. The van der Waals surface area contributed by atoms with E-state index in [1.165, 1.54) is 0 Å². The number of carbonyl (C=O) groups excluding carboxylic acids is 2. The lowest BCUT2D eigenvalue weighted by Gasteiger charge is -2.31. The third-order valence-corrected chi connectivity index (χ3v) is 7.48. The van der Waals surface area contributed by atoms with Crippen LogP contribution in [0.4, 0.5) is 0 Å². The first kappa shape index (κ1) is 27.5. The van der Waals surface area contributed by atoms with Crippen LogP contribution < -0.4 is 5.32 Å². The Morgan fingerprint density at radius 2 is 1.60 bits per heavy atom. The zero-order valence-electron chi connectivity index (χ0n) is 19.8. The van der Waals surface area contributed by atoms with Gasteiger partial charge in [0, 0.05) is 34.2 Å². The van der Waals surface area contributed by atoms with Crippen molar-refractivity contribution >= 4 is 55.4 Å². The molecule has 3 aromatic carbocycles. The van der Waals surface area contributed by atoms with Gasteiger partial charge in [0.15, 0.2) is 0 Å². The summed E-state index contributed by atoms with van der Waals surface area (Å²) < 4.78 is 1.98. The van der Waals surface area contributed by atoms with Gasteiger partial charge < -0.3 is 10.2 Å². The Bertz CT molecular complexity index is 1090. The molecule has 0 bridgehead atoms. The number of carbonyl (C=O) groups is 2. The predicted molar refractivity (Wildman–Crippen MR) is 152 cm³/mol. The SMILES string of the molecule is CCCNC(=O)[C@H](Cc1ccccc1)N(Cc1cccc(Br)c1)C(=O)CSCc1ccc(Br)cc1. The van der Waals surface area contributed by atoms with Gasteiger partial charge in [0.1, 0.15) is 6.04 Å². The summed E-state index contributed by atoms with van der Waals surface area (Å²) in [5, 5.41) is 3.02. The highest BCUT2D eigenvalue weighted by atomic mass is 79.9. The van der Waals surface area contributed by atoms with Crippen LogP contribution in [0.15, 0.2) is 87.8 Å². The number of hydrogen-bond donors (Lipinski definition) is 1. The maximum absolute atomic E-state index is 13.6. The molecular weight excluding hydrogens is 588 g/mol. The molecule has 0 aromatic heterocycles. The van der Waals surface area contributed by atoms with E-state index in [0.29, 0.717) is 25.3 Å². The van der Waals surface area contributed by atoms with Gasteiger partial charge in [0.25, 0.3) is 0 Å². The van der Waals surface area contributed by atoms with Crippen LogP contribution in [0.25, 0.3) is 0 Å². The molecule has 0 unspecified atom stereocenters. The molecule has 35 heavy (non-hydrogen) atoms. The van der Waals surface area contributed by atoms with E-state index in [2.05, 4.69) is 49.3 Å². The lowest BCUT2D eigenvalue weighted by molar-refractivity contribution is -0.139. The van der Waals surface area contributed by atoms with Crippen molar-refractivity contribution in [2.75, 3.05) is 12.3 Å². The van der Waals surface area contributed by atoms with E-state index in [0.717, 1.165) is 37.8 Å². The summed E-state index contributed by atoms with van der Waals surface area (Å²) in [4.78, 5) is 28.6. The topological polar surface area (TPSA) is 49.4 Å². The number of halogens is 2. The predicted octanol–water partition coefficient (Wildman–Crippen LogP) is 6.61. The third kappa shape index (κ3) is 9.13. The number of amides is 2. The summed E-state index contributed by atoms with van der Waals surface area (Å²) in [5.41, 5.74) is 3.16. The Hall–Kier alpha value is -2.09. The quantitative estimate of drug-likeness (QED) is 0.249. The minimum Gasteiger partial charge on any atom is -0.354 e. The van der Waals surface area contributed by atoms with Crippen molar-refractivity contribution in [3.05, 3.63) is 104 Å². The second-order valence-electron chi connectivity index (χ2n) is 8.27. The fourth-order valence-electron chi connectivity index (χ4n) is 3.67. The summed E-state index contributed by atoms with van der Waals surface area (Å²) in [6.07, 6.45) is 1.31. The fourth-order valence-corrected chi connectivity index (χ4v) is 5.25. The minimum atomic E-state index is -0.594. The van der Waals surface area contributed by atoms with Crippen LogP contribution in [0, 0.1) is 0 Å². The van der Waals surface area contributed by atoms with Crippen LogP contribution in [-0.4, -0.2) is 35.1 Å². The van der Waals surface area contributed by atoms with Crippen molar-refractivity contribution in [2.45, 2.75) is 38.1 Å². The Kier molecular flexibility index (Phi) is 11.4. The van der Waals surface area contributed by atoms with E-state index in [9.17, 15) is 9.59 Å². The molecule has 0 saturated carbocycles. The molecule has 184 valence electrons. The molecule has 0 fully saturated rings. The van der Waals surface area contributed by atoms with E-state index in [1.54, 1.807) is 16.7 Å². The van der Waals surface area contributed by atoms with Crippen molar-refractivity contribution < 1.29 is 9.59 Å². The molecule has 1 N–H and O–H groups in total. The molecule has 0 spiro atoms. The molecule has 0 radical (unpaired) electrons. The maximum atomic E-state index is 13.6. The van der Waals surface area contributed by atoms with Gasteiger partial charge in [-0.1, -0.05) is 93.4 Å². The standard InChI is InChI=1S/C28H30Br2N2O2S/c1-2-15-31-28(34)26(17-21-7-4-3-5-8-21)32(18-23-9-6-10-25(30)16-23)27(33)20-35-19-22-11-13-24(29)14-12-22/h3-14,16,26H,2,15,17-20H2,1H3,(H,31,34)/t26-/m0/s1. The van der Waals surface area contributed by atoms with Crippen molar-refractivity contribution in [2.24, 2.45) is 0 Å². The van der Waals surface area contributed by atoms with Crippen LogP contribution >= 0.6 is 43.6 Å². The number of hydrogen-bond acceptors (Lipinski definition) is 3. The number of nitrogens with zero attached hydrogens (tertiary/aromatic N) is 1. The lowest BCUT2D eigenvalue weighted by atomic mass is 10.0. The van der Waals surface area contributed by atoms with Crippen LogP contribution in [0.5, 0.6) is 0 Å². The first-order valence-electron chi connectivity index (χ1n) is 11.6. The average Bonchev–Trinajstić information content (AvgIpc) is 2.86. The third-order valence-electron chi connectivity index (χ3n) is 5.47. The molecule has 0 aliphatic heterocycles. The van der Waals surface area contributed by atoms with Gasteiger partial charge in [-0.2, -0.15) is 0 Å². The Labute approximate surface area is 229 Å². The Morgan fingerprint density at radius 3 is 2.29 bits per heavy atom. The van der Waals surface area contributed by atoms with Gasteiger partial charge in [-0.05, 0) is 47.4 Å². The molecular formula is C28H30Br2N2O2S. The van der Waals surface area contributed by atoms with E-state index >= 15 is 0 Å². The molecule has 0 aliphatic rings. The smallest absolute Gasteiger partial charge is 0.243 e. The summed E-state index contributed by atoms with van der Waals surface area (Å²) >= 11 is 8.55. The minimum absolute atomic E-state index is 0.0420. The fraction of sp³-hybridized carbons (Fsp3) is 0.286. The molecule has 1 atom stereocenters. The van der Waals surface area contributed by atoms with Crippen LogP contribution in [0.3, 0.4) is 0 Å². The number of nitrogens with one attached hydrogen (secondary N) is 1. The highest BCUT2D eigenvalue weighted by molar-refractivity contribution is 9.10. The lowest BCUT2D eigenvalue weighted by Crippen LogP contribution is -2.51. The highest BCUT2D eigenvalue weighted by Crippen LogP contribution is 2.21. The van der Waals surface area contributed by atoms with Crippen molar-refractivity contribution in [3.8, 4) is 0 Å². The Balaban J connectivity index is 1.82. The average molecular weight is 618 g/mol. The first-order chi connectivity index (χ1) is 17.0. The second-order valence-corrected chi connectivity index (χ2v) is 11.1. The van der Waals surface area contributed by atoms with E-state index in [1.807, 2.05) is 73.7 Å². The second kappa shape index (κ2) is 14.5. The number of rotatable bonds is 12. The number of thioether (sulfide) groups is 1. The van der Waals surface area contributed by atoms with Gasteiger partial charge in [0.2, 0.25) is 11.8 Å². The van der Waals surface area contributed by atoms with Crippen molar-refractivity contribution in [1.29, 1.82) is 0 Å². The highest BCUT2D eigenvalue weighted by Gasteiger charge is 2.30. The van der Waals surface area contributed by atoms with Crippen LogP contribution in [-0.2, 0) is 28.3 Å². The van der Waals surface area contributed by atoms with Crippen LogP contribution in [0.1, 0.15) is 30.0 Å². The van der Waals surface area contributed by atoms with Crippen LogP contribution in [0.2, 0.25) is 0 Å². The summed E-state index contributed by atoms with van der Waals surface area (Å²) in [5.74, 6) is 0.877. The molecule has 7 heteroatoms. The van der Waals surface area contributed by atoms with Gasteiger partial charge in [-0.25, -0.2) is 0 Å². The van der Waals surface area contributed by atoms with Crippen molar-refractivity contribution in [1.82, 2.24) is 10.2 Å². The van der Waals surface area contributed by atoms with E-state index < -0.39 is 6.04 Å². The summed E-state index contributed by atoms with van der Waals surface area (Å²) in [7, 11) is 0. The molecule has 4 nitrogen and oxygen atoms in total. The molecule has 3 rings (SSSR count). The molecule has 2 amide bonds. The van der Waals surface area contributed by atoms with Gasteiger partial charge in [0.05, 0.1) is 5.75 Å². The summed E-state index contributed by atoms with van der Waals surface area (Å²) in [6.45, 7) is 2.98. The van der Waals surface area contributed by atoms with Gasteiger partial charge in [-0.15, -0.1) is 11.8 Å². The van der Waals surface area contributed by atoms with Crippen molar-refractivity contribution in [3.63, 3.8) is 0 Å². The number of benzene rings is 3. The molecule has 3 aromatic rings. The Morgan fingerprint density at radius 1 is 0.886 bits per heavy atom. The largest absolute Gasteiger partial charge is 0.354 e.